The largest absolute Gasteiger partial charge is 0.448 e. The highest BCUT2D eigenvalue weighted by Crippen LogP contribution is 2.24. The third-order valence-corrected chi connectivity index (χ3v) is 5.12. The molecule has 2 heterocycles. The summed E-state index contributed by atoms with van der Waals surface area (Å²) in [6.07, 6.45) is 1.34. The van der Waals surface area contributed by atoms with Crippen LogP contribution in [0, 0.1) is 0 Å². The smallest absolute Gasteiger partial charge is 0.323 e. The summed E-state index contributed by atoms with van der Waals surface area (Å²) in [5.74, 6) is -0.401. The van der Waals surface area contributed by atoms with Crippen LogP contribution in [0.4, 0.5) is 21.9 Å². The molecule has 2 aromatic heterocycles. The van der Waals surface area contributed by atoms with E-state index < -0.39 is 11.5 Å². The molecule has 0 aliphatic rings. The van der Waals surface area contributed by atoms with E-state index in [4.69, 9.17) is 4.42 Å². The minimum atomic E-state index is -0.430. The molecule has 3 amide bonds. The van der Waals surface area contributed by atoms with E-state index in [0.717, 1.165) is 5.39 Å². The van der Waals surface area contributed by atoms with Crippen molar-refractivity contribution in [2.75, 3.05) is 16.0 Å². The molecular weight excluding hydrogens is 434 g/mol. The van der Waals surface area contributed by atoms with Gasteiger partial charge in [0.25, 0.3) is 5.56 Å². The number of nitrogens with one attached hydrogen (secondary N) is 3. The number of rotatable bonds is 5. The maximum absolute atomic E-state index is 12.8. The zero-order valence-corrected chi connectivity index (χ0v) is 17.8. The maximum Gasteiger partial charge on any atom is 0.323 e. The zero-order chi connectivity index (χ0) is 23.5. The fourth-order valence-electron chi connectivity index (χ4n) is 3.53. The number of carbonyl (C=O) groups excluding carboxylic acids is 2. The lowest BCUT2D eigenvalue weighted by molar-refractivity contribution is -0.116. The molecule has 0 aliphatic heterocycles. The van der Waals surface area contributed by atoms with Gasteiger partial charge in [-0.25, -0.2) is 9.78 Å². The van der Waals surface area contributed by atoms with E-state index in [2.05, 4.69) is 20.9 Å². The second-order valence-corrected chi connectivity index (χ2v) is 7.52. The van der Waals surface area contributed by atoms with Gasteiger partial charge >= 0.3 is 6.03 Å². The van der Waals surface area contributed by atoms with Gasteiger partial charge in [-0.2, -0.15) is 0 Å². The average Bonchev–Trinajstić information content (AvgIpc) is 3.22. The summed E-state index contributed by atoms with van der Waals surface area (Å²) in [6, 6.07) is 22.6. The molecule has 9 nitrogen and oxygen atoms in total. The van der Waals surface area contributed by atoms with Gasteiger partial charge < -0.3 is 20.4 Å². The zero-order valence-electron chi connectivity index (χ0n) is 17.8. The van der Waals surface area contributed by atoms with Crippen LogP contribution >= 0.6 is 0 Å². The van der Waals surface area contributed by atoms with E-state index in [1.54, 1.807) is 42.5 Å². The predicted octanol–water partition coefficient (Wildman–Crippen LogP) is 4.43. The van der Waals surface area contributed by atoms with Crippen molar-refractivity contribution in [1.29, 1.82) is 0 Å². The van der Waals surface area contributed by atoms with E-state index in [9.17, 15) is 14.4 Å². The molecule has 0 atom stereocenters. The summed E-state index contributed by atoms with van der Waals surface area (Å²) < 4.78 is 6.84. The Morgan fingerprint density at radius 1 is 0.794 bits per heavy atom. The highest BCUT2D eigenvalue weighted by Gasteiger charge is 2.14. The number of carbonyl (C=O) groups is 2. The van der Waals surface area contributed by atoms with Crippen LogP contribution in [-0.2, 0) is 11.3 Å². The number of benzene rings is 3. The van der Waals surface area contributed by atoms with Gasteiger partial charge in [0.2, 0.25) is 11.5 Å². The number of hydrogen-bond acceptors (Lipinski definition) is 5. The lowest BCUT2D eigenvalue weighted by Gasteiger charge is -2.10. The Morgan fingerprint density at radius 3 is 2.15 bits per heavy atom. The number of furan rings is 1. The van der Waals surface area contributed by atoms with Crippen LogP contribution in [0.25, 0.3) is 22.1 Å². The van der Waals surface area contributed by atoms with Crippen molar-refractivity contribution in [3.05, 3.63) is 95.5 Å². The third-order valence-electron chi connectivity index (χ3n) is 5.12. The monoisotopic (exact) mass is 453 g/mol. The van der Waals surface area contributed by atoms with Crippen molar-refractivity contribution in [2.45, 2.75) is 6.54 Å². The first-order valence-corrected chi connectivity index (χ1v) is 10.5. The number of anilines is 3. The van der Waals surface area contributed by atoms with Gasteiger partial charge in [0, 0.05) is 22.4 Å². The summed E-state index contributed by atoms with van der Waals surface area (Å²) in [5, 5.41) is 8.92. The molecule has 3 N–H and O–H groups in total. The minimum absolute atomic E-state index is 0.112. The number of para-hydroxylation sites is 2. The molecule has 3 aromatic carbocycles. The van der Waals surface area contributed by atoms with E-state index >= 15 is 0 Å². The minimum Gasteiger partial charge on any atom is -0.448 e. The quantitative estimate of drug-likeness (QED) is 0.364. The van der Waals surface area contributed by atoms with Gasteiger partial charge in [0.15, 0.2) is 0 Å². The Hall–Kier alpha value is -4.92. The molecule has 168 valence electrons. The summed E-state index contributed by atoms with van der Waals surface area (Å²) in [7, 11) is 0. The molecule has 5 aromatic rings. The average molecular weight is 453 g/mol. The number of amides is 3. The molecule has 0 saturated carbocycles. The van der Waals surface area contributed by atoms with E-state index in [-0.39, 0.29) is 18.2 Å². The van der Waals surface area contributed by atoms with E-state index in [0.29, 0.717) is 28.2 Å². The van der Waals surface area contributed by atoms with E-state index in [1.807, 2.05) is 36.4 Å². The molecule has 0 aliphatic carbocycles. The Morgan fingerprint density at radius 2 is 1.41 bits per heavy atom. The number of fused-ring (bicyclic) bond motifs is 3. The Kier molecular flexibility index (Phi) is 5.49. The van der Waals surface area contributed by atoms with Gasteiger partial charge in [-0.3, -0.25) is 14.2 Å². The first-order chi connectivity index (χ1) is 16.6. The molecule has 9 heteroatoms. The number of aromatic nitrogens is 2. The Bertz CT molecular complexity index is 1560. The normalized spacial score (nSPS) is 10.8. The summed E-state index contributed by atoms with van der Waals surface area (Å²) in [6.45, 7) is -0.224. The summed E-state index contributed by atoms with van der Waals surface area (Å²) in [4.78, 5) is 41.7. The fraction of sp³-hybridized carbons (Fsp3) is 0.0400. The second kappa shape index (κ2) is 8.91. The van der Waals surface area contributed by atoms with Gasteiger partial charge in [0.1, 0.15) is 17.6 Å². The fourth-order valence-corrected chi connectivity index (χ4v) is 3.53. The first-order valence-electron chi connectivity index (χ1n) is 10.5. The third kappa shape index (κ3) is 4.35. The van der Waals surface area contributed by atoms with Crippen molar-refractivity contribution in [2.24, 2.45) is 0 Å². The Labute approximate surface area is 193 Å². The standard InChI is InChI=1S/C25H19N5O4/c31-21(14-30-15-26-22-19-8-4-5-9-20(19)34-23(22)24(30)32)27-17-10-12-18(13-11-17)29-25(33)28-16-6-2-1-3-7-16/h1-13,15H,14H2,(H,27,31)(H2,28,29,33). The number of urea groups is 1. The molecule has 0 unspecified atom stereocenters. The van der Waals surface area contributed by atoms with Crippen LogP contribution in [0.1, 0.15) is 0 Å². The van der Waals surface area contributed by atoms with Gasteiger partial charge in [0.05, 0.1) is 6.33 Å². The molecule has 0 bridgehead atoms. The highest BCUT2D eigenvalue weighted by atomic mass is 16.3. The number of hydrogen-bond donors (Lipinski definition) is 3. The van der Waals surface area contributed by atoms with Gasteiger partial charge in [-0.1, -0.05) is 30.3 Å². The molecule has 0 fully saturated rings. The SMILES string of the molecule is O=C(Cn1cnc2c(oc3ccccc32)c1=O)Nc1ccc(NC(=O)Nc2ccccc2)cc1. The predicted molar refractivity (Wildman–Crippen MR) is 130 cm³/mol. The van der Waals surface area contributed by atoms with Crippen LogP contribution in [0.5, 0.6) is 0 Å². The van der Waals surface area contributed by atoms with Crippen molar-refractivity contribution in [3.63, 3.8) is 0 Å². The van der Waals surface area contributed by atoms with Gasteiger partial charge in [-0.15, -0.1) is 0 Å². The summed E-state index contributed by atoms with van der Waals surface area (Å²) >= 11 is 0. The molecule has 0 spiro atoms. The molecule has 34 heavy (non-hydrogen) atoms. The lowest BCUT2D eigenvalue weighted by Crippen LogP contribution is -2.27. The van der Waals surface area contributed by atoms with Crippen LogP contribution in [0.2, 0.25) is 0 Å². The first kappa shape index (κ1) is 21.0. The number of nitrogens with zero attached hydrogens (tertiary/aromatic N) is 2. The summed E-state index contributed by atoms with van der Waals surface area (Å²) in [5.41, 5.74) is 2.47. The van der Waals surface area contributed by atoms with Crippen LogP contribution in [0.3, 0.4) is 0 Å². The van der Waals surface area contributed by atoms with Crippen molar-refractivity contribution >= 4 is 51.1 Å². The highest BCUT2D eigenvalue weighted by molar-refractivity contribution is 6.02. The van der Waals surface area contributed by atoms with Crippen molar-refractivity contribution in [1.82, 2.24) is 9.55 Å². The van der Waals surface area contributed by atoms with Crippen LogP contribution < -0.4 is 21.5 Å². The lowest BCUT2D eigenvalue weighted by atomic mass is 10.2. The van der Waals surface area contributed by atoms with Crippen LogP contribution in [-0.4, -0.2) is 21.5 Å². The molecular formula is C25H19N5O4. The Balaban J connectivity index is 1.23. The maximum atomic E-state index is 12.8. The molecule has 0 radical (unpaired) electrons. The van der Waals surface area contributed by atoms with Crippen molar-refractivity contribution in [3.8, 4) is 0 Å². The van der Waals surface area contributed by atoms with Crippen molar-refractivity contribution < 1.29 is 14.0 Å². The van der Waals surface area contributed by atoms with Gasteiger partial charge in [-0.05, 0) is 48.5 Å². The molecule has 5 rings (SSSR count). The molecule has 0 saturated heterocycles. The second-order valence-electron chi connectivity index (χ2n) is 7.52. The van der Waals surface area contributed by atoms with Crippen LogP contribution in [0.15, 0.2) is 94.4 Å². The van der Waals surface area contributed by atoms with E-state index in [1.165, 1.54) is 10.9 Å². The topological polar surface area (TPSA) is 118 Å².